The number of aromatic nitrogens is 1. The molecule has 27 heavy (non-hydrogen) atoms. The van der Waals surface area contributed by atoms with E-state index in [1.165, 1.54) is 9.71 Å². The standard InChI is InChI=1S/C21H30N4OS/c1-23-6-8-25(9-7-23)18-10-15-12-24(13-16(15)11-19(18)26)14-21-22-17-4-2-3-5-20(17)27-21/h2-5,15-16,18-19,26H,6-14H2,1H3/t15-,16+,18-,19-/m1/s1. The first-order valence-electron chi connectivity index (χ1n) is 10.3. The zero-order valence-electron chi connectivity index (χ0n) is 16.1. The molecule has 1 aromatic heterocycles. The molecule has 1 saturated carbocycles. The van der Waals surface area contributed by atoms with Gasteiger partial charge in [-0.05, 0) is 43.9 Å². The summed E-state index contributed by atoms with van der Waals surface area (Å²) in [6.45, 7) is 7.70. The van der Waals surface area contributed by atoms with E-state index in [1.807, 2.05) is 11.3 Å². The summed E-state index contributed by atoms with van der Waals surface area (Å²) in [4.78, 5) is 12.3. The third-order valence-electron chi connectivity index (χ3n) is 6.89. The summed E-state index contributed by atoms with van der Waals surface area (Å²) in [5.41, 5.74) is 1.12. The number of likely N-dealkylation sites (N-methyl/N-ethyl adjacent to an activating group) is 1. The Morgan fingerprint density at radius 3 is 2.59 bits per heavy atom. The van der Waals surface area contributed by atoms with Crippen molar-refractivity contribution in [3.63, 3.8) is 0 Å². The largest absolute Gasteiger partial charge is 0.391 e. The highest BCUT2D eigenvalue weighted by molar-refractivity contribution is 7.18. The Labute approximate surface area is 165 Å². The van der Waals surface area contributed by atoms with Crippen molar-refractivity contribution in [1.82, 2.24) is 19.7 Å². The van der Waals surface area contributed by atoms with E-state index in [4.69, 9.17) is 4.98 Å². The van der Waals surface area contributed by atoms with Crippen LogP contribution in [-0.2, 0) is 6.54 Å². The molecule has 0 radical (unpaired) electrons. The van der Waals surface area contributed by atoms with Crippen LogP contribution in [0.5, 0.6) is 0 Å². The van der Waals surface area contributed by atoms with Crippen molar-refractivity contribution < 1.29 is 5.11 Å². The van der Waals surface area contributed by atoms with Crippen LogP contribution in [0.1, 0.15) is 17.8 Å². The quantitative estimate of drug-likeness (QED) is 0.875. The van der Waals surface area contributed by atoms with Gasteiger partial charge in [0.25, 0.3) is 0 Å². The molecule has 0 bridgehead atoms. The highest BCUT2D eigenvalue weighted by Crippen LogP contribution is 2.39. The van der Waals surface area contributed by atoms with Gasteiger partial charge in [-0.3, -0.25) is 9.80 Å². The third-order valence-corrected chi connectivity index (χ3v) is 7.91. The second kappa shape index (κ2) is 7.41. The Morgan fingerprint density at radius 2 is 1.81 bits per heavy atom. The van der Waals surface area contributed by atoms with Gasteiger partial charge in [-0.1, -0.05) is 12.1 Å². The molecule has 1 aliphatic carbocycles. The molecule has 2 aromatic rings. The van der Waals surface area contributed by atoms with Crippen LogP contribution in [0.3, 0.4) is 0 Å². The molecule has 146 valence electrons. The summed E-state index contributed by atoms with van der Waals surface area (Å²) in [6, 6.07) is 8.79. The highest BCUT2D eigenvalue weighted by atomic mass is 32.1. The lowest BCUT2D eigenvalue weighted by Crippen LogP contribution is -2.55. The molecule has 0 amide bonds. The average molecular weight is 387 g/mol. The summed E-state index contributed by atoms with van der Waals surface area (Å²) in [5, 5.41) is 12.0. The molecule has 2 saturated heterocycles. The number of rotatable bonds is 3. The van der Waals surface area contributed by atoms with Crippen molar-refractivity contribution in [2.75, 3.05) is 46.3 Å². The lowest BCUT2D eigenvalue weighted by Gasteiger charge is -2.44. The summed E-state index contributed by atoms with van der Waals surface area (Å²) >= 11 is 1.83. The van der Waals surface area contributed by atoms with Gasteiger partial charge in [0, 0.05) is 45.3 Å². The fraction of sp³-hybridized carbons (Fsp3) is 0.667. The van der Waals surface area contributed by atoms with Gasteiger partial charge in [0.15, 0.2) is 0 Å². The van der Waals surface area contributed by atoms with E-state index in [1.54, 1.807) is 0 Å². The lowest BCUT2D eigenvalue weighted by atomic mass is 9.77. The second-order valence-electron chi connectivity index (χ2n) is 8.73. The summed E-state index contributed by atoms with van der Waals surface area (Å²) in [6.07, 6.45) is 1.97. The van der Waals surface area contributed by atoms with Crippen molar-refractivity contribution in [2.24, 2.45) is 11.8 Å². The van der Waals surface area contributed by atoms with E-state index in [0.29, 0.717) is 12.0 Å². The van der Waals surface area contributed by atoms with Gasteiger partial charge in [0.1, 0.15) is 5.01 Å². The molecule has 1 N–H and O–H groups in total. The van der Waals surface area contributed by atoms with Gasteiger partial charge in [-0.2, -0.15) is 0 Å². The lowest BCUT2D eigenvalue weighted by molar-refractivity contribution is -0.0249. The van der Waals surface area contributed by atoms with E-state index in [9.17, 15) is 5.11 Å². The number of likely N-dealkylation sites (tertiary alicyclic amines) is 1. The first-order chi connectivity index (χ1) is 13.2. The van der Waals surface area contributed by atoms with Crippen molar-refractivity contribution in [3.05, 3.63) is 29.3 Å². The summed E-state index contributed by atoms with van der Waals surface area (Å²) in [7, 11) is 2.20. The van der Waals surface area contributed by atoms with Crippen LogP contribution >= 0.6 is 11.3 Å². The normalized spacial score (nSPS) is 33.6. The Kier molecular flexibility index (Phi) is 4.94. The predicted molar refractivity (Wildman–Crippen MR) is 110 cm³/mol. The number of fused-ring (bicyclic) bond motifs is 2. The number of benzene rings is 1. The van der Waals surface area contributed by atoms with Crippen LogP contribution in [-0.4, -0.2) is 83.3 Å². The smallest absolute Gasteiger partial charge is 0.108 e. The molecule has 4 atom stereocenters. The van der Waals surface area contributed by atoms with E-state index in [2.05, 4.69) is 46.0 Å². The molecule has 5 nitrogen and oxygen atoms in total. The molecule has 3 heterocycles. The molecule has 6 heteroatoms. The minimum atomic E-state index is -0.156. The number of aliphatic hydroxyl groups is 1. The molecule has 2 aliphatic heterocycles. The van der Waals surface area contributed by atoms with Crippen LogP contribution in [0.25, 0.3) is 10.2 Å². The highest BCUT2D eigenvalue weighted by Gasteiger charge is 2.43. The van der Waals surface area contributed by atoms with Crippen LogP contribution in [0.4, 0.5) is 0 Å². The fourth-order valence-corrected chi connectivity index (χ4v) is 6.37. The molecule has 3 fully saturated rings. The van der Waals surface area contributed by atoms with Crippen molar-refractivity contribution >= 4 is 21.6 Å². The zero-order valence-corrected chi connectivity index (χ0v) is 16.9. The van der Waals surface area contributed by atoms with E-state index in [-0.39, 0.29) is 6.10 Å². The van der Waals surface area contributed by atoms with E-state index in [0.717, 1.165) is 70.1 Å². The number of para-hydroxylation sites is 1. The van der Waals surface area contributed by atoms with Crippen molar-refractivity contribution in [1.29, 1.82) is 0 Å². The monoisotopic (exact) mass is 386 g/mol. The first-order valence-corrected chi connectivity index (χ1v) is 11.1. The number of hydrogen-bond donors (Lipinski definition) is 1. The Morgan fingerprint density at radius 1 is 1.07 bits per heavy atom. The van der Waals surface area contributed by atoms with E-state index < -0.39 is 0 Å². The Hall–Kier alpha value is -1.05. The number of nitrogens with zero attached hydrogens (tertiary/aromatic N) is 4. The van der Waals surface area contributed by atoms with Crippen molar-refractivity contribution in [2.45, 2.75) is 31.5 Å². The van der Waals surface area contributed by atoms with Gasteiger partial charge < -0.3 is 10.0 Å². The van der Waals surface area contributed by atoms with Gasteiger partial charge in [0.2, 0.25) is 0 Å². The maximum atomic E-state index is 10.8. The first kappa shape index (κ1) is 18.0. The van der Waals surface area contributed by atoms with E-state index >= 15 is 0 Å². The van der Waals surface area contributed by atoms with Crippen LogP contribution in [0, 0.1) is 11.8 Å². The predicted octanol–water partition coefficient (Wildman–Crippen LogP) is 2.11. The Bertz CT molecular complexity index is 754. The zero-order chi connectivity index (χ0) is 18.4. The molecule has 5 rings (SSSR count). The summed E-state index contributed by atoms with van der Waals surface area (Å²) < 4.78 is 1.29. The molecule has 1 aromatic carbocycles. The van der Waals surface area contributed by atoms with Crippen LogP contribution in [0.2, 0.25) is 0 Å². The maximum absolute atomic E-state index is 10.8. The summed E-state index contributed by atoms with van der Waals surface area (Å²) in [5.74, 6) is 1.38. The average Bonchev–Trinajstić information content (AvgIpc) is 3.24. The minimum absolute atomic E-state index is 0.156. The number of thiazole rings is 1. The molecular weight excluding hydrogens is 356 g/mol. The second-order valence-corrected chi connectivity index (χ2v) is 9.85. The SMILES string of the molecule is CN1CCN([C@@H]2C[C@@H]3CN(Cc4nc5ccccc5s4)C[C@@H]3C[C@H]2O)CC1. The fourth-order valence-electron chi connectivity index (χ4n) is 5.36. The van der Waals surface area contributed by atoms with Gasteiger partial charge in [-0.25, -0.2) is 4.98 Å². The molecular formula is C21H30N4OS. The molecule has 3 aliphatic rings. The Balaban J connectivity index is 1.23. The third kappa shape index (κ3) is 3.66. The van der Waals surface area contributed by atoms with Gasteiger partial charge in [-0.15, -0.1) is 11.3 Å². The topological polar surface area (TPSA) is 42.8 Å². The van der Waals surface area contributed by atoms with Crippen LogP contribution < -0.4 is 0 Å². The number of hydrogen-bond acceptors (Lipinski definition) is 6. The minimum Gasteiger partial charge on any atom is -0.391 e. The number of aliphatic hydroxyl groups excluding tert-OH is 1. The van der Waals surface area contributed by atoms with Crippen LogP contribution in [0.15, 0.2) is 24.3 Å². The van der Waals surface area contributed by atoms with Gasteiger partial charge >= 0.3 is 0 Å². The number of piperazine rings is 1. The van der Waals surface area contributed by atoms with Gasteiger partial charge in [0.05, 0.1) is 22.9 Å². The van der Waals surface area contributed by atoms with Crippen molar-refractivity contribution in [3.8, 4) is 0 Å². The molecule has 0 unspecified atom stereocenters. The maximum Gasteiger partial charge on any atom is 0.108 e. The molecule has 0 spiro atoms.